The van der Waals surface area contributed by atoms with Gasteiger partial charge >= 0.3 is 5.97 Å². The van der Waals surface area contributed by atoms with E-state index in [-0.39, 0.29) is 6.04 Å². The SMILES string of the molecule is CC(NC1c2ccccc2Cc2ccccc21)C(=O)O. The zero-order valence-electron chi connectivity index (χ0n) is 11.3. The van der Waals surface area contributed by atoms with Crippen LogP contribution < -0.4 is 5.32 Å². The Balaban J connectivity index is 2.05. The summed E-state index contributed by atoms with van der Waals surface area (Å²) in [6.45, 7) is 1.68. The molecule has 0 heterocycles. The molecule has 2 N–H and O–H groups in total. The number of carbonyl (C=O) groups is 1. The fourth-order valence-corrected chi connectivity index (χ4v) is 2.83. The van der Waals surface area contributed by atoms with Crippen LogP contribution in [0.5, 0.6) is 0 Å². The van der Waals surface area contributed by atoms with Crippen LogP contribution in [0.2, 0.25) is 0 Å². The molecule has 0 saturated heterocycles. The van der Waals surface area contributed by atoms with E-state index in [4.69, 9.17) is 5.11 Å². The molecule has 0 aliphatic heterocycles. The van der Waals surface area contributed by atoms with Crippen LogP contribution in [0.1, 0.15) is 35.2 Å². The first kappa shape index (κ1) is 12.9. The van der Waals surface area contributed by atoms with Gasteiger partial charge in [0.05, 0.1) is 6.04 Å². The zero-order chi connectivity index (χ0) is 14.1. The third-order valence-corrected chi connectivity index (χ3v) is 3.90. The number of fused-ring (bicyclic) bond motifs is 2. The lowest BCUT2D eigenvalue weighted by Crippen LogP contribution is -2.38. The molecule has 1 unspecified atom stereocenters. The first-order valence-electron chi connectivity index (χ1n) is 6.81. The fourth-order valence-electron chi connectivity index (χ4n) is 2.83. The Hall–Kier alpha value is -2.13. The van der Waals surface area contributed by atoms with Gasteiger partial charge in [-0.1, -0.05) is 48.5 Å². The van der Waals surface area contributed by atoms with Crippen molar-refractivity contribution in [3.05, 3.63) is 70.8 Å². The monoisotopic (exact) mass is 267 g/mol. The normalized spacial score (nSPS) is 15.2. The molecule has 0 fully saturated rings. The summed E-state index contributed by atoms with van der Waals surface area (Å²) in [6, 6.07) is 15.8. The molecule has 1 aliphatic carbocycles. The van der Waals surface area contributed by atoms with Crippen molar-refractivity contribution in [2.75, 3.05) is 0 Å². The highest BCUT2D eigenvalue weighted by atomic mass is 16.4. The van der Waals surface area contributed by atoms with Crippen molar-refractivity contribution in [2.45, 2.75) is 25.4 Å². The average molecular weight is 267 g/mol. The van der Waals surface area contributed by atoms with Gasteiger partial charge in [0.25, 0.3) is 0 Å². The van der Waals surface area contributed by atoms with Gasteiger partial charge in [-0.25, -0.2) is 0 Å². The van der Waals surface area contributed by atoms with E-state index < -0.39 is 12.0 Å². The van der Waals surface area contributed by atoms with Crippen LogP contribution in [0.4, 0.5) is 0 Å². The summed E-state index contributed by atoms with van der Waals surface area (Å²) in [5, 5.41) is 12.4. The minimum absolute atomic E-state index is 0.0535. The number of hydrogen-bond donors (Lipinski definition) is 2. The molecule has 2 aromatic carbocycles. The van der Waals surface area contributed by atoms with Crippen molar-refractivity contribution < 1.29 is 9.90 Å². The summed E-state index contributed by atoms with van der Waals surface area (Å²) in [6.07, 6.45) is 0.909. The smallest absolute Gasteiger partial charge is 0.320 e. The molecule has 2 aromatic rings. The van der Waals surface area contributed by atoms with Crippen molar-refractivity contribution in [3.8, 4) is 0 Å². The summed E-state index contributed by atoms with van der Waals surface area (Å²) >= 11 is 0. The standard InChI is InChI=1S/C17H17NO2/c1-11(17(19)20)18-16-14-8-4-2-6-12(14)10-13-7-3-5-9-15(13)16/h2-9,11,16,18H,10H2,1H3,(H,19,20). The molecule has 1 atom stereocenters. The number of aliphatic carboxylic acids is 1. The van der Waals surface area contributed by atoms with Crippen LogP contribution in [-0.2, 0) is 11.2 Å². The van der Waals surface area contributed by atoms with Crippen LogP contribution in [0.25, 0.3) is 0 Å². The summed E-state index contributed by atoms with van der Waals surface area (Å²) in [5.74, 6) is -0.828. The van der Waals surface area contributed by atoms with Crippen LogP contribution in [-0.4, -0.2) is 17.1 Å². The molecule has 20 heavy (non-hydrogen) atoms. The second-order valence-electron chi connectivity index (χ2n) is 5.23. The van der Waals surface area contributed by atoms with E-state index in [1.165, 1.54) is 22.3 Å². The molecule has 0 radical (unpaired) electrons. The maximum atomic E-state index is 11.1. The second kappa shape index (κ2) is 5.10. The molecule has 0 amide bonds. The van der Waals surface area contributed by atoms with E-state index in [0.29, 0.717) is 0 Å². The minimum atomic E-state index is -0.828. The number of carboxylic acid groups (broad SMARTS) is 1. The van der Waals surface area contributed by atoms with Gasteiger partial charge in [0.15, 0.2) is 0 Å². The number of hydrogen-bond acceptors (Lipinski definition) is 2. The lowest BCUT2D eigenvalue weighted by molar-refractivity contribution is -0.139. The van der Waals surface area contributed by atoms with Gasteiger partial charge < -0.3 is 5.11 Å². The largest absolute Gasteiger partial charge is 0.480 e. The topological polar surface area (TPSA) is 49.3 Å². The number of nitrogens with one attached hydrogen (secondary N) is 1. The van der Waals surface area contributed by atoms with Crippen molar-refractivity contribution in [1.82, 2.24) is 5.32 Å². The van der Waals surface area contributed by atoms with Crippen LogP contribution in [0.3, 0.4) is 0 Å². The van der Waals surface area contributed by atoms with Gasteiger partial charge in [-0.3, -0.25) is 10.1 Å². The first-order valence-corrected chi connectivity index (χ1v) is 6.81. The maximum absolute atomic E-state index is 11.1. The average Bonchev–Trinajstić information content (AvgIpc) is 2.46. The highest BCUT2D eigenvalue weighted by molar-refractivity contribution is 5.73. The molecular weight excluding hydrogens is 250 g/mol. The Bertz CT molecular complexity index is 605. The predicted molar refractivity (Wildman–Crippen MR) is 77.8 cm³/mol. The molecule has 1 aliphatic rings. The van der Waals surface area contributed by atoms with E-state index in [1.54, 1.807) is 6.92 Å². The van der Waals surface area contributed by atoms with Gasteiger partial charge in [0, 0.05) is 0 Å². The lowest BCUT2D eigenvalue weighted by Gasteiger charge is -2.30. The van der Waals surface area contributed by atoms with E-state index in [1.807, 2.05) is 24.3 Å². The minimum Gasteiger partial charge on any atom is -0.480 e. The van der Waals surface area contributed by atoms with Gasteiger partial charge in [-0.15, -0.1) is 0 Å². The fraction of sp³-hybridized carbons (Fsp3) is 0.235. The Labute approximate surface area is 118 Å². The Morgan fingerprint density at radius 2 is 1.60 bits per heavy atom. The van der Waals surface area contributed by atoms with E-state index in [0.717, 1.165) is 6.42 Å². The van der Waals surface area contributed by atoms with Crippen molar-refractivity contribution in [3.63, 3.8) is 0 Å². The zero-order valence-corrected chi connectivity index (χ0v) is 11.3. The van der Waals surface area contributed by atoms with Crippen molar-refractivity contribution in [2.24, 2.45) is 0 Å². The van der Waals surface area contributed by atoms with E-state index >= 15 is 0 Å². The Morgan fingerprint density at radius 3 is 2.10 bits per heavy atom. The third kappa shape index (κ3) is 2.21. The third-order valence-electron chi connectivity index (χ3n) is 3.90. The number of rotatable bonds is 3. The van der Waals surface area contributed by atoms with Gasteiger partial charge in [0.1, 0.15) is 6.04 Å². The highest BCUT2D eigenvalue weighted by Crippen LogP contribution is 2.34. The van der Waals surface area contributed by atoms with E-state index in [2.05, 4.69) is 29.6 Å². The quantitative estimate of drug-likeness (QED) is 0.899. The molecule has 0 bridgehead atoms. The highest BCUT2D eigenvalue weighted by Gasteiger charge is 2.27. The molecule has 3 nitrogen and oxygen atoms in total. The Morgan fingerprint density at radius 1 is 1.10 bits per heavy atom. The molecular formula is C17H17NO2. The van der Waals surface area contributed by atoms with Gasteiger partial charge in [0.2, 0.25) is 0 Å². The summed E-state index contributed by atoms with van der Waals surface area (Å²) in [4.78, 5) is 11.1. The molecule has 102 valence electrons. The first-order chi connectivity index (χ1) is 9.66. The Kier molecular flexibility index (Phi) is 3.28. The van der Waals surface area contributed by atoms with Gasteiger partial charge in [-0.2, -0.15) is 0 Å². The van der Waals surface area contributed by atoms with Crippen LogP contribution in [0.15, 0.2) is 48.5 Å². The maximum Gasteiger partial charge on any atom is 0.320 e. The van der Waals surface area contributed by atoms with E-state index in [9.17, 15) is 4.79 Å². The summed E-state index contributed by atoms with van der Waals surface area (Å²) in [5.41, 5.74) is 4.89. The van der Waals surface area contributed by atoms with Crippen molar-refractivity contribution >= 4 is 5.97 Å². The number of carboxylic acids is 1. The number of benzene rings is 2. The summed E-state index contributed by atoms with van der Waals surface area (Å²) < 4.78 is 0. The lowest BCUT2D eigenvalue weighted by atomic mass is 9.82. The summed E-state index contributed by atoms with van der Waals surface area (Å²) in [7, 11) is 0. The molecule has 3 heteroatoms. The molecule has 0 spiro atoms. The molecule has 3 rings (SSSR count). The van der Waals surface area contributed by atoms with Crippen molar-refractivity contribution in [1.29, 1.82) is 0 Å². The second-order valence-corrected chi connectivity index (χ2v) is 5.23. The molecule has 0 saturated carbocycles. The predicted octanol–water partition coefficient (Wildman–Crippen LogP) is 2.74. The van der Waals surface area contributed by atoms with Gasteiger partial charge in [-0.05, 0) is 35.6 Å². The van der Waals surface area contributed by atoms with Crippen LogP contribution >= 0.6 is 0 Å². The van der Waals surface area contributed by atoms with Crippen LogP contribution in [0, 0.1) is 0 Å². The molecule has 0 aromatic heterocycles.